The molecule has 5 nitrogen and oxygen atoms in total. The van der Waals surface area contributed by atoms with E-state index in [1.165, 1.54) is 6.20 Å². The van der Waals surface area contributed by atoms with Crippen molar-refractivity contribution >= 4 is 22.6 Å². The zero-order chi connectivity index (χ0) is 20.7. The van der Waals surface area contributed by atoms with Crippen LogP contribution in [0.3, 0.4) is 0 Å². The SMILES string of the molecule is NC(=O)N(Cc1ccc(C(F)(F)F)cc1)c1cc(C(F)(F)F)cc2[nH]ncc12. The first-order valence-corrected chi connectivity index (χ1v) is 7.74. The van der Waals surface area contributed by atoms with Crippen LogP contribution in [0.15, 0.2) is 42.6 Å². The molecule has 3 aromatic rings. The quantitative estimate of drug-likeness (QED) is 0.624. The largest absolute Gasteiger partial charge is 0.416 e. The topological polar surface area (TPSA) is 75.0 Å². The molecule has 1 aromatic heterocycles. The molecule has 0 atom stereocenters. The molecule has 0 aliphatic heterocycles. The Hall–Kier alpha value is -3.24. The van der Waals surface area contributed by atoms with Gasteiger partial charge in [-0.15, -0.1) is 0 Å². The van der Waals surface area contributed by atoms with Crippen LogP contribution in [0.4, 0.5) is 36.8 Å². The number of halogens is 6. The molecule has 0 unspecified atom stereocenters. The standard InChI is InChI=1S/C17H12F6N4O/c18-16(19,20)10-3-1-9(2-4-10)8-27(15(24)28)14-6-11(17(21,22)23)5-13-12(14)7-25-26-13/h1-7H,8H2,(H2,24,28)(H,25,26). The molecule has 0 spiro atoms. The summed E-state index contributed by atoms with van der Waals surface area (Å²) in [6.07, 6.45) is -7.99. The Morgan fingerprint density at radius 3 is 2.14 bits per heavy atom. The summed E-state index contributed by atoms with van der Waals surface area (Å²) in [7, 11) is 0. The number of carbonyl (C=O) groups is 1. The number of nitrogens with two attached hydrogens (primary N) is 1. The van der Waals surface area contributed by atoms with Gasteiger partial charge in [0, 0.05) is 5.39 Å². The lowest BCUT2D eigenvalue weighted by atomic mass is 10.1. The molecule has 28 heavy (non-hydrogen) atoms. The minimum absolute atomic E-state index is 0.0310. The minimum Gasteiger partial charge on any atom is -0.351 e. The average Bonchev–Trinajstić information content (AvgIpc) is 3.06. The monoisotopic (exact) mass is 402 g/mol. The molecule has 0 saturated carbocycles. The fraction of sp³-hybridized carbons (Fsp3) is 0.176. The van der Waals surface area contributed by atoms with Crippen LogP contribution in [0.5, 0.6) is 0 Å². The number of urea groups is 1. The van der Waals surface area contributed by atoms with Gasteiger partial charge in [-0.3, -0.25) is 10.00 Å². The van der Waals surface area contributed by atoms with E-state index in [0.717, 1.165) is 41.3 Å². The summed E-state index contributed by atoms with van der Waals surface area (Å²) in [5.74, 6) is 0. The Balaban J connectivity index is 2.03. The Bertz CT molecular complexity index is 1010. The predicted molar refractivity (Wildman–Crippen MR) is 88.3 cm³/mol. The molecule has 0 aliphatic rings. The lowest BCUT2D eigenvalue weighted by molar-refractivity contribution is -0.138. The van der Waals surface area contributed by atoms with E-state index in [2.05, 4.69) is 10.2 Å². The molecule has 1 heterocycles. The van der Waals surface area contributed by atoms with Crippen LogP contribution in [0, 0.1) is 0 Å². The molecule has 0 fully saturated rings. The van der Waals surface area contributed by atoms with Crippen molar-refractivity contribution < 1.29 is 31.1 Å². The first-order valence-electron chi connectivity index (χ1n) is 7.74. The molecule has 0 aliphatic carbocycles. The number of aromatic amines is 1. The van der Waals surface area contributed by atoms with E-state index in [1.54, 1.807) is 0 Å². The van der Waals surface area contributed by atoms with Crippen LogP contribution in [-0.4, -0.2) is 16.2 Å². The molecule has 0 saturated heterocycles. The number of alkyl halides is 6. The fourth-order valence-electron chi connectivity index (χ4n) is 2.68. The van der Waals surface area contributed by atoms with Gasteiger partial charge in [0.05, 0.1) is 35.1 Å². The first-order chi connectivity index (χ1) is 13.0. The summed E-state index contributed by atoms with van der Waals surface area (Å²) in [4.78, 5) is 12.8. The smallest absolute Gasteiger partial charge is 0.351 e. The van der Waals surface area contributed by atoms with Crippen molar-refractivity contribution in [2.24, 2.45) is 5.73 Å². The number of carbonyl (C=O) groups excluding carboxylic acids is 1. The Morgan fingerprint density at radius 2 is 1.61 bits per heavy atom. The molecule has 0 radical (unpaired) electrons. The summed E-state index contributed by atoms with van der Waals surface area (Å²) in [5.41, 5.74) is 3.53. The molecular formula is C17H12F6N4O. The van der Waals surface area contributed by atoms with Crippen molar-refractivity contribution in [3.63, 3.8) is 0 Å². The predicted octanol–water partition coefficient (Wildman–Crippen LogP) is 4.69. The first kappa shape index (κ1) is 19.5. The maximum absolute atomic E-state index is 13.2. The van der Waals surface area contributed by atoms with Crippen LogP contribution in [0.25, 0.3) is 10.9 Å². The number of nitrogens with one attached hydrogen (secondary N) is 1. The number of primary amides is 1. The zero-order valence-corrected chi connectivity index (χ0v) is 13.9. The summed E-state index contributed by atoms with van der Waals surface area (Å²) in [5, 5.41) is 6.28. The molecule has 0 bridgehead atoms. The van der Waals surface area contributed by atoms with Gasteiger partial charge in [0.25, 0.3) is 0 Å². The third kappa shape index (κ3) is 3.87. The maximum Gasteiger partial charge on any atom is 0.416 e. The van der Waals surface area contributed by atoms with Crippen molar-refractivity contribution in [3.8, 4) is 0 Å². The number of benzene rings is 2. The van der Waals surface area contributed by atoms with Crippen molar-refractivity contribution in [3.05, 3.63) is 59.3 Å². The molecule has 148 valence electrons. The Morgan fingerprint density at radius 1 is 1.00 bits per heavy atom. The maximum atomic E-state index is 13.2. The summed E-state index contributed by atoms with van der Waals surface area (Å²) >= 11 is 0. The summed E-state index contributed by atoms with van der Waals surface area (Å²) in [6, 6.07) is 4.39. The van der Waals surface area contributed by atoms with E-state index in [1.807, 2.05) is 0 Å². The normalized spacial score (nSPS) is 12.4. The van der Waals surface area contributed by atoms with E-state index >= 15 is 0 Å². The second kappa shape index (κ2) is 6.73. The van der Waals surface area contributed by atoms with Gasteiger partial charge in [-0.05, 0) is 29.8 Å². The Kier molecular flexibility index (Phi) is 4.69. The second-order valence-electron chi connectivity index (χ2n) is 5.94. The van der Waals surface area contributed by atoms with Crippen LogP contribution in [0.2, 0.25) is 0 Å². The van der Waals surface area contributed by atoms with Crippen LogP contribution >= 0.6 is 0 Å². The van der Waals surface area contributed by atoms with Crippen molar-refractivity contribution in [2.75, 3.05) is 4.90 Å². The molecular weight excluding hydrogens is 390 g/mol. The van der Waals surface area contributed by atoms with Gasteiger partial charge in [0.15, 0.2) is 0 Å². The molecule has 11 heteroatoms. The second-order valence-corrected chi connectivity index (χ2v) is 5.94. The van der Waals surface area contributed by atoms with Crippen LogP contribution in [0.1, 0.15) is 16.7 Å². The minimum atomic E-state index is -4.69. The molecule has 2 amide bonds. The van der Waals surface area contributed by atoms with Gasteiger partial charge in [-0.1, -0.05) is 12.1 Å². The number of nitrogens with zero attached hydrogens (tertiary/aromatic N) is 2. The number of fused-ring (bicyclic) bond motifs is 1. The third-order valence-electron chi connectivity index (χ3n) is 4.04. The van der Waals surface area contributed by atoms with Gasteiger partial charge in [0.1, 0.15) is 0 Å². The molecule has 2 aromatic carbocycles. The molecule has 3 rings (SSSR count). The third-order valence-corrected chi connectivity index (χ3v) is 4.04. The number of aromatic nitrogens is 2. The van der Waals surface area contributed by atoms with Crippen molar-refractivity contribution in [2.45, 2.75) is 18.9 Å². The number of anilines is 1. The summed E-state index contributed by atoms with van der Waals surface area (Å²) < 4.78 is 77.5. The van der Waals surface area contributed by atoms with Gasteiger partial charge < -0.3 is 5.73 Å². The fourth-order valence-corrected chi connectivity index (χ4v) is 2.68. The lowest BCUT2D eigenvalue weighted by Gasteiger charge is -2.23. The summed E-state index contributed by atoms with van der Waals surface area (Å²) in [6.45, 7) is -0.324. The van der Waals surface area contributed by atoms with Gasteiger partial charge >= 0.3 is 18.4 Å². The average molecular weight is 402 g/mol. The number of hydrogen-bond acceptors (Lipinski definition) is 2. The van der Waals surface area contributed by atoms with Crippen LogP contribution < -0.4 is 10.6 Å². The highest BCUT2D eigenvalue weighted by atomic mass is 19.4. The number of amides is 2. The van der Waals surface area contributed by atoms with E-state index in [4.69, 9.17) is 5.73 Å². The number of hydrogen-bond donors (Lipinski definition) is 2. The highest BCUT2D eigenvalue weighted by Gasteiger charge is 2.33. The number of rotatable bonds is 3. The van der Waals surface area contributed by atoms with Crippen molar-refractivity contribution in [1.82, 2.24) is 10.2 Å². The lowest BCUT2D eigenvalue weighted by Crippen LogP contribution is -2.35. The van der Waals surface area contributed by atoms with E-state index in [0.29, 0.717) is 0 Å². The van der Waals surface area contributed by atoms with E-state index in [9.17, 15) is 31.1 Å². The van der Waals surface area contributed by atoms with Crippen LogP contribution in [-0.2, 0) is 18.9 Å². The Labute approximate surface area is 153 Å². The van der Waals surface area contributed by atoms with Gasteiger partial charge in [0.2, 0.25) is 0 Å². The van der Waals surface area contributed by atoms with Crippen molar-refractivity contribution in [1.29, 1.82) is 0 Å². The highest BCUT2D eigenvalue weighted by Crippen LogP contribution is 2.37. The van der Waals surface area contributed by atoms with Gasteiger partial charge in [-0.2, -0.15) is 31.4 Å². The number of H-pyrrole nitrogens is 1. The van der Waals surface area contributed by atoms with E-state index < -0.39 is 29.5 Å². The van der Waals surface area contributed by atoms with E-state index in [-0.39, 0.29) is 28.7 Å². The van der Waals surface area contributed by atoms with Gasteiger partial charge in [-0.25, -0.2) is 4.79 Å². The molecule has 3 N–H and O–H groups in total. The highest BCUT2D eigenvalue weighted by molar-refractivity contribution is 6.01. The zero-order valence-electron chi connectivity index (χ0n) is 13.9.